The summed E-state index contributed by atoms with van der Waals surface area (Å²) in [5.74, 6) is -0.219. The number of rotatable bonds is 4. The van der Waals surface area contributed by atoms with Gasteiger partial charge in [0.1, 0.15) is 11.6 Å². The van der Waals surface area contributed by atoms with E-state index in [2.05, 4.69) is 20.1 Å². The minimum atomic E-state index is -0.380. The molecule has 0 radical (unpaired) electrons. The van der Waals surface area contributed by atoms with E-state index in [1.54, 1.807) is 19.1 Å². The summed E-state index contributed by atoms with van der Waals surface area (Å²) in [5.41, 5.74) is 1.27. The number of oxazole rings is 1. The van der Waals surface area contributed by atoms with E-state index in [-0.39, 0.29) is 17.4 Å². The summed E-state index contributed by atoms with van der Waals surface area (Å²) >= 11 is 0. The van der Waals surface area contributed by atoms with Crippen LogP contribution in [0, 0.1) is 12.7 Å². The Hall–Kier alpha value is -2.57. The average molecular weight is 386 g/mol. The first-order valence-electron chi connectivity index (χ1n) is 10.2. The van der Waals surface area contributed by atoms with Crippen LogP contribution in [0.5, 0.6) is 0 Å². The number of halogens is 1. The third-order valence-electron chi connectivity index (χ3n) is 5.53. The number of nitrogens with one attached hydrogen (secondary N) is 1. The molecule has 0 saturated carbocycles. The van der Waals surface area contributed by atoms with Crippen molar-refractivity contribution in [2.75, 3.05) is 41.3 Å². The Labute approximate surface area is 164 Å². The number of carbonyl (C=O) groups is 1. The summed E-state index contributed by atoms with van der Waals surface area (Å²) in [6, 6.07) is 5.36. The van der Waals surface area contributed by atoms with Gasteiger partial charge in [0.15, 0.2) is 5.69 Å². The zero-order valence-corrected chi connectivity index (χ0v) is 16.3. The fraction of sp³-hybridized carbons (Fsp3) is 0.524. The van der Waals surface area contributed by atoms with Crippen LogP contribution in [0.2, 0.25) is 0 Å². The number of nitrogens with zero attached hydrogens (tertiary/aromatic N) is 3. The van der Waals surface area contributed by atoms with Crippen molar-refractivity contribution in [3.8, 4) is 0 Å². The first-order valence-corrected chi connectivity index (χ1v) is 10.2. The highest BCUT2D eigenvalue weighted by Gasteiger charge is 2.22. The van der Waals surface area contributed by atoms with E-state index in [4.69, 9.17) is 4.42 Å². The summed E-state index contributed by atoms with van der Waals surface area (Å²) in [7, 11) is 0. The van der Waals surface area contributed by atoms with Crippen LogP contribution in [-0.2, 0) is 0 Å². The van der Waals surface area contributed by atoms with E-state index in [1.165, 1.54) is 18.9 Å². The SMILES string of the molecule is Cc1oc(N2CCCCC2)nc1C(=O)Nc1ccc(N2CCCCC2)c(F)c1. The summed E-state index contributed by atoms with van der Waals surface area (Å²) in [4.78, 5) is 21.2. The number of hydrogen-bond acceptors (Lipinski definition) is 5. The lowest BCUT2D eigenvalue weighted by Gasteiger charge is -2.29. The van der Waals surface area contributed by atoms with Crippen LogP contribution in [0.4, 0.5) is 21.8 Å². The smallest absolute Gasteiger partial charge is 0.298 e. The maximum Gasteiger partial charge on any atom is 0.298 e. The van der Waals surface area contributed by atoms with Gasteiger partial charge < -0.3 is 19.5 Å². The van der Waals surface area contributed by atoms with Crippen molar-refractivity contribution in [3.63, 3.8) is 0 Å². The highest BCUT2D eigenvalue weighted by atomic mass is 19.1. The quantitative estimate of drug-likeness (QED) is 0.846. The number of hydrogen-bond donors (Lipinski definition) is 1. The van der Waals surface area contributed by atoms with E-state index >= 15 is 0 Å². The van der Waals surface area contributed by atoms with E-state index < -0.39 is 0 Å². The van der Waals surface area contributed by atoms with Crippen LogP contribution in [0.3, 0.4) is 0 Å². The Kier molecular flexibility index (Phi) is 5.50. The van der Waals surface area contributed by atoms with E-state index in [0.717, 1.165) is 51.9 Å². The fourth-order valence-corrected chi connectivity index (χ4v) is 3.98. The highest BCUT2D eigenvalue weighted by Crippen LogP contribution is 2.27. The molecule has 0 aliphatic carbocycles. The second kappa shape index (κ2) is 8.20. The molecule has 150 valence electrons. The first kappa shape index (κ1) is 18.8. The van der Waals surface area contributed by atoms with Crippen LogP contribution in [0.15, 0.2) is 22.6 Å². The molecule has 0 unspecified atom stereocenters. The molecule has 4 rings (SSSR count). The average Bonchev–Trinajstić information content (AvgIpc) is 3.11. The molecule has 1 aromatic carbocycles. The molecule has 1 aromatic heterocycles. The number of piperidine rings is 2. The van der Waals surface area contributed by atoms with Crippen LogP contribution in [0.1, 0.15) is 54.8 Å². The largest absolute Gasteiger partial charge is 0.428 e. The molecule has 2 aromatic rings. The number of aromatic nitrogens is 1. The monoisotopic (exact) mass is 386 g/mol. The molecule has 2 aliphatic heterocycles. The Morgan fingerprint density at radius 2 is 1.68 bits per heavy atom. The normalized spacial score (nSPS) is 17.6. The van der Waals surface area contributed by atoms with Gasteiger partial charge in [-0.3, -0.25) is 4.79 Å². The summed E-state index contributed by atoms with van der Waals surface area (Å²) < 4.78 is 20.3. The standard InChI is InChI=1S/C21H27FN4O2/c1-15-19(24-21(28-15)26-12-6-3-7-13-26)20(27)23-16-8-9-18(17(22)14-16)25-10-4-2-5-11-25/h8-9,14H,2-7,10-13H2,1H3,(H,23,27). The van der Waals surface area contributed by atoms with Crippen LogP contribution < -0.4 is 15.1 Å². The fourth-order valence-electron chi connectivity index (χ4n) is 3.98. The van der Waals surface area contributed by atoms with E-state index in [9.17, 15) is 9.18 Å². The van der Waals surface area contributed by atoms with Gasteiger partial charge in [0, 0.05) is 31.9 Å². The van der Waals surface area contributed by atoms with Gasteiger partial charge in [-0.25, -0.2) is 4.39 Å². The first-order chi connectivity index (χ1) is 13.6. The van der Waals surface area contributed by atoms with Crippen LogP contribution in [0.25, 0.3) is 0 Å². The van der Waals surface area contributed by atoms with Gasteiger partial charge >= 0.3 is 0 Å². The molecular weight excluding hydrogens is 359 g/mol. The maximum atomic E-state index is 14.6. The van der Waals surface area contributed by atoms with Gasteiger partial charge in [0.25, 0.3) is 11.9 Å². The summed E-state index contributed by atoms with van der Waals surface area (Å²) in [5, 5.41) is 2.75. The summed E-state index contributed by atoms with van der Waals surface area (Å²) in [6.07, 6.45) is 6.79. The van der Waals surface area contributed by atoms with Gasteiger partial charge in [0.05, 0.1) is 5.69 Å². The lowest BCUT2D eigenvalue weighted by Crippen LogP contribution is -2.30. The second-order valence-corrected chi connectivity index (χ2v) is 7.62. The molecule has 2 saturated heterocycles. The maximum absolute atomic E-state index is 14.6. The lowest BCUT2D eigenvalue weighted by molar-refractivity contribution is 0.102. The zero-order valence-electron chi connectivity index (χ0n) is 16.3. The van der Waals surface area contributed by atoms with Crippen molar-refractivity contribution in [2.45, 2.75) is 45.4 Å². The molecule has 7 heteroatoms. The van der Waals surface area contributed by atoms with Gasteiger partial charge in [-0.1, -0.05) is 0 Å². The molecule has 2 aliphatic rings. The van der Waals surface area contributed by atoms with Crippen molar-refractivity contribution in [1.82, 2.24) is 4.98 Å². The topological polar surface area (TPSA) is 61.6 Å². The molecule has 1 amide bonds. The van der Waals surface area contributed by atoms with E-state index in [1.807, 2.05) is 0 Å². The predicted molar refractivity (Wildman–Crippen MR) is 108 cm³/mol. The minimum absolute atomic E-state index is 0.251. The van der Waals surface area contributed by atoms with Gasteiger partial charge in [0.2, 0.25) is 0 Å². The zero-order chi connectivity index (χ0) is 19.5. The van der Waals surface area contributed by atoms with Crippen molar-refractivity contribution in [3.05, 3.63) is 35.5 Å². The van der Waals surface area contributed by atoms with Gasteiger partial charge in [-0.2, -0.15) is 4.98 Å². The Morgan fingerprint density at radius 1 is 1.04 bits per heavy atom. The van der Waals surface area contributed by atoms with Crippen molar-refractivity contribution < 1.29 is 13.6 Å². The Bertz CT molecular complexity index is 839. The van der Waals surface area contributed by atoms with Crippen molar-refractivity contribution in [2.24, 2.45) is 0 Å². The Morgan fingerprint density at radius 3 is 2.32 bits per heavy atom. The second-order valence-electron chi connectivity index (χ2n) is 7.62. The molecule has 0 bridgehead atoms. The number of carbonyl (C=O) groups excluding carboxylic acids is 1. The number of anilines is 3. The van der Waals surface area contributed by atoms with Crippen molar-refractivity contribution >= 4 is 23.3 Å². The Balaban J connectivity index is 1.46. The highest BCUT2D eigenvalue weighted by molar-refractivity contribution is 6.03. The predicted octanol–water partition coefficient (Wildman–Crippen LogP) is 4.36. The third kappa shape index (κ3) is 3.98. The molecule has 6 nitrogen and oxygen atoms in total. The lowest BCUT2D eigenvalue weighted by atomic mass is 10.1. The van der Waals surface area contributed by atoms with E-state index in [0.29, 0.717) is 23.1 Å². The molecule has 0 spiro atoms. The molecule has 28 heavy (non-hydrogen) atoms. The van der Waals surface area contributed by atoms with Crippen LogP contribution >= 0.6 is 0 Å². The molecule has 0 atom stereocenters. The minimum Gasteiger partial charge on any atom is -0.428 e. The molecule has 2 fully saturated rings. The molecule has 3 heterocycles. The summed E-state index contributed by atoms with van der Waals surface area (Å²) in [6.45, 7) is 5.27. The number of aryl methyl sites for hydroxylation is 1. The van der Waals surface area contributed by atoms with Gasteiger partial charge in [-0.05, 0) is 63.6 Å². The van der Waals surface area contributed by atoms with Crippen LogP contribution in [-0.4, -0.2) is 37.1 Å². The number of amides is 1. The van der Waals surface area contributed by atoms with Gasteiger partial charge in [-0.15, -0.1) is 0 Å². The van der Waals surface area contributed by atoms with Crippen molar-refractivity contribution in [1.29, 1.82) is 0 Å². The molecular formula is C21H27FN4O2. The number of benzene rings is 1. The molecule has 1 N–H and O–H groups in total. The third-order valence-corrected chi connectivity index (χ3v) is 5.53.